The number of nitrogens with one attached hydrogen (secondary N) is 4. The molecule has 0 fully saturated rings. The van der Waals surface area contributed by atoms with Crippen LogP contribution in [-0.4, -0.2) is 123 Å². The number of aromatic hydroxyl groups is 2. The zero-order chi connectivity index (χ0) is 44.0. The Kier molecular flexibility index (Phi) is 18.1. The number of aliphatic hydroxyl groups is 1. The fraction of sp³-hybridized carbons (Fsp3) is 0.548. The Labute approximate surface area is 344 Å². The number of fused-ring (bicyclic) bond motifs is 5. The highest BCUT2D eigenvalue weighted by Gasteiger charge is 2.34. The minimum atomic E-state index is -1.47. The monoisotopic (exact) mass is 824 g/mol. The van der Waals surface area contributed by atoms with Crippen LogP contribution in [0.4, 0.5) is 0 Å². The van der Waals surface area contributed by atoms with Gasteiger partial charge in [-0.2, -0.15) is 0 Å². The quantitative estimate of drug-likeness (QED) is 0.101. The van der Waals surface area contributed by atoms with E-state index in [9.17, 15) is 54.0 Å². The van der Waals surface area contributed by atoms with Crippen molar-refractivity contribution in [1.29, 1.82) is 0 Å². The molecule has 17 nitrogen and oxygen atoms in total. The third-order valence-electron chi connectivity index (χ3n) is 10.4. The lowest BCUT2D eigenvalue weighted by Crippen LogP contribution is -2.55. The number of hydrogen-bond acceptors (Lipinski definition) is 10. The first-order valence-corrected chi connectivity index (χ1v) is 20.0. The maximum Gasteiger partial charge on any atom is 0.326 e. The van der Waals surface area contributed by atoms with Crippen LogP contribution >= 0.6 is 0 Å². The van der Waals surface area contributed by atoms with Crippen LogP contribution in [0.5, 0.6) is 11.5 Å². The first kappa shape index (κ1) is 47.7. The van der Waals surface area contributed by atoms with Crippen LogP contribution in [0.2, 0.25) is 0 Å². The van der Waals surface area contributed by atoms with Crippen molar-refractivity contribution >= 4 is 41.4 Å². The van der Waals surface area contributed by atoms with E-state index in [-0.39, 0.29) is 46.9 Å². The van der Waals surface area contributed by atoms with Crippen molar-refractivity contribution < 1.29 is 54.0 Å². The zero-order valence-corrected chi connectivity index (χ0v) is 34.7. The topological polar surface area (TPSA) is 255 Å². The maximum absolute atomic E-state index is 13.8. The van der Waals surface area contributed by atoms with Gasteiger partial charge < -0.3 is 51.5 Å². The van der Waals surface area contributed by atoms with E-state index in [4.69, 9.17) is 0 Å². The lowest BCUT2D eigenvalue weighted by molar-refractivity contribution is -0.143. The highest BCUT2D eigenvalue weighted by molar-refractivity contribution is 5.96. The van der Waals surface area contributed by atoms with Crippen LogP contribution in [-0.2, 0) is 40.0 Å². The van der Waals surface area contributed by atoms with Crippen LogP contribution < -0.4 is 21.3 Å². The average Bonchev–Trinajstić information content (AvgIpc) is 3.18. The number of carboxylic acid groups (broad SMARTS) is 1. The highest BCUT2D eigenvalue weighted by Crippen LogP contribution is 2.38. The predicted octanol–water partition coefficient (Wildman–Crippen LogP) is 2.11. The summed E-state index contributed by atoms with van der Waals surface area (Å²) >= 11 is 0. The van der Waals surface area contributed by atoms with Gasteiger partial charge in [-0.1, -0.05) is 64.5 Å². The first-order valence-electron chi connectivity index (χ1n) is 20.0. The Hall–Kier alpha value is -5.71. The Morgan fingerprint density at radius 3 is 2.05 bits per heavy atom. The summed E-state index contributed by atoms with van der Waals surface area (Å²) in [6, 6.07) is 1.62. The molecule has 0 saturated heterocycles. The maximum atomic E-state index is 13.8. The van der Waals surface area contributed by atoms with Crippen LogP contribution in [0.15, 0.2) is 36.4 Å². The summed E-state index contributed by atoms with van der Waals surface area (Å²) < 4.78 is 0. The van der Waals surface area contributed by atoms with Gasteiger partial charge in [0.25, 0.3) is 0 Å². The normalized spacial score (nSPS) is 17.7. The average molecular weight is 825 g/mol. The van der Waals surface area contributed by atoms with Crippen LogP contribution in [0, 0.1) is 5.92 Å². The standard InChI is InChI=1S/C42H60N6O11/c1-24(2)13-11-9-7-8-10-12-14-35(52)47(5)32(23-49)40(56)44-25(3)38(54)43-22-36(53)48(6)37-28-16-18-34(51)30(21-28)29-19-27(15-17-33(29)50)20-31(42(58)59)46-39(55)26(4)45-41(37)57/h15-19,21,24-26,31-32,37,49-51H,7-14,20,22-23H2,1-6H3,(H,43,54)(H,44,56)(H,45,57)(H,46,55)(H,58,59)/t25-,26+,31-,32-,37-/m1/s1. The molecule has 1 aliphatic rings. The SMILES string of the molecule is CC(C)CCCCCCCCC(=O)N(C)[C@H](CO)C(=O)N[C@H](C)C(=O)NCC(=O)N(C)[C@H]1C(=O)N[C@@H](C)C(=O)N[C@@H](C(=O)O)Cc2ccc(O)c(c2)-c2cc1ccc2O. The van der Waals surface area contributed by atoms with E-state index in [2.05, 4.69) is 35.1 Å². The molecule has 3 rings (SSSR count). The number of aliphatic carboxylic acids is 1. The van der Waals surface area contributed by atoms with Crippen molar-refractivity contribution in [3.05, 3.63) is 47.5 Å². The van der Waals surface area contributed by atoms with E-state index in [0.717, 1.165) is 35.5 Å². The second-order valence-electron chi connectivity index (χ2n) is 15.6. The number of carbonyl (C=O) groups is 7. The van der Waals surface area contributed by atoms with Crippen LogP contribution in [0.3, 0.4) is 0 Å². The van der Waals surface area contributed by atoms with Gasteiger partial charge in [-0.25, -0.2) is 4.79 Å². The number of unbranched alkanes of at least 4 members (excludes halogenated alkanes) is 5. The number of rotatable bonds is 18. The Morgan fingerprint density at radius 2 is 1.42 bits per heavy atom. The molecule has 0 aliphatic carbocycles. The molecule has 4 bridgehead atoms. The van der Waals surface area contributed by atoms with E-state index in [1.165, 1.54) is 77.2 Å². The number of likely N-dealkylation sites (N-methyl/N-ethyl adjacent to an activating group) is 2. The first-order chi connectivity index (χ1) is 27.9. The largest absolute Gasteiger partial charge is 0.507 e. The molecule has 324 valence electrons. The molecule has 2 aromatic carbocycles. The zero-order valence-electron chi connectivity index (χ0n) is 34.7. The predicted molar refractivity (Wildman–Crippen MR) is 218 cm³/mol. The highest BCUT2D eigenvalue weighted by atomic mass is 16.4. The Bertz CT molecular complexity index is 1840. The summed E-state index contributed by atoms with van der Waals surface area (Å²) in [4.78, 5) is 93.7. The van der Waals surface area contributed by atoms with Gasteiger partial charge >= 0.3 is 5.97 Å². The van der Waals surface area contributed by atoms with Crippen molar-refractivity contribution in [1.82, 2.24) is 31.1 Å². The summed E-state index contributed by atoms with van der Waals surface area (Å²) in [6.07, 6.45) is 7.16. The van der Waals surface area contributed by atoms with E-state index in [0.29, 0.717) is 17.9 Å². The summed E-state index contributed by atoms with van der Waals surface area (Å²) in [5.74, 6) is -5.58. The Morgan fingerprint density at radius 1 is 0.814 bits per heavy atom. The second kappa shape index (κ2) is 22.4. The number of nitrogens with zero attached hydrogens (tertiary/aromatic N) is 2. The molecule has 5 atom stereocenters. The number of hydrogen-bond donors (Lipinski definition) is 8. The molecule has 6 amide bonds. The summed E-state index contributed by atoms with van der Waals surface area (Å²) in [7, 11) is 2.68. The molecule has 59 heavy (non-hydrogen) atoms. The third kappa shape index (κ3) is 13.7. The molecule has 2 aromatic rings. The van der Waals surface area contributed by atoms with Crippen molar-refractivity contribution in [3.8, 4) is 22.6 Å². The molecule has 0 saturated carbocycles. The molecule has 8 N–H and O–H groups in total. The van der Waals surface area contributed by atoms with Gasteiger partial charge in [0.1, 0.15) is 41.7 Å². The third-order valence-corrected chi connectivity index (χ3v) is 10.4. The summed E-state index contributed by atoms with van der Waals surface area (Å²) in [6.45, 7) is 5.75. The van der Waals surface area contributed by atoms with E-state index < -0.39 is 78.9 Å². The van der Waals surface area contributed by atoms with Crippen LogP contribution in [0.25, 0.3) is 11.1 Å². The summed E-state index contributed by atoms with van der Waals surface area (Å²) in [5.41, 5.74) is 0.722. The molecule has 0 spiro atoms. The lowest BCUT2D eigenvalue weighted by Gasteiger charge is -2.30. The molecule has 1 heterocycles. The van der Waals surface area contributed by atoms with Gasteiger partial charge in [-0.05, 0) is 61.6 Å². The summed E-state index contributed by atoms with van der Waals surface area (Å²) in [5, 5.41) is 51.1. The smallest absolute Gasteiger partial charge is 0.326 e. The van der Waals surface area contributed by atoms with Gasteiger partial charge in [0.05, 0.1) is 13.2 Å². The Balaban J connectivity index is 1.70. The molecule has 0 unspecified atom stereocenters. The molecule has 0 radical (unpaired) electrons. The molecule has 0 aromatic heterocycles. The van der Waals surface area contributed by atoms with Gasteiger partial charge in [-0.15, -0.1) is 0 Å². The van der Waals surface area contributed by atoms with Crippen LogP contribution in [0.1, 0.15) is 96.2 Å². The lowest BCUT2D eigenvalue weighted by atomic mass is 9.94. The molecule has 17 heteroatoms. The van der Waals surface area contributed by atoms with Crippen molar-refractivity contribution in [2.24, 2.45) is 5.92 Å². The molecular weight excluding hydrogens is 764 g/mol. The number of aliphatic hydroxyl groups excluding tert-OH is 1. The number of benzene rings is 2. The van der Waals surface area contributed by atoms with Crippen molar-refractivity contribution in [2.45, 2.75) is 116 Å². The van der Waals surface area contributed by atoms with E-state index in [1.807, 2.05) is 0 Å². The van der Waals surface area contributed by atoms with Crippen molar-refractivity contribution in [3.63, 3.8) is 0 Å². The number of phenols is 2. The molecular formula is C42H60N6O11. The fourth-order valence-corrected chi connectivity index (χ4v) is 6.73. The minimum Gasteiger partial charge on any atom is -0.507 e. The van der Waals surface area contributed by atoms with Gasteiger partial charge in [0.15, 0.2) is 0 Å². The van der Waals surface area contributed by atoms with Crippen molar-refractivity contribution in [2.75, 3.05) is 27.2 Å². The number of carbonyl (C=O) groups excluding carboxylic acids is 6. The molecule has 1 aliphatic heterocycles. The second-order valence-corrected chi connectivity index (χ2v) is 15.6. The van der Waals surface area contributed by atoms with Gasteiger partial charge in [-0.3, -0.25) is 28.8 Å². The van der Waals surface area contributed by atoms with Gasteiger partial charge in [0.2, 0.25) is 35.4 Å². The van der Waals surface area contributed by atoms with E-state index in [1.54, 1.807) is 0 Å². The minimum absolute atomic E-state index is 0.0656. The van der Waals surface area contributed by atoms with E-state index >= 15 is 0 Å². The number of amides is 6. The number of phenolic OH excluding ortho intramolecular Hbond substituents is 2. The number of carboxylic acids is 1. The fourth-order valence-electron chi connectivity index (χ4n) is 6.73. The van der Waals surface area contributed by atoms with Gasteiger partial charge in [0, 0.05) is 38.1 Å².